The number of piperazine rings is 1. The number of aryl methyl sites for hydroxylation is 2. The number of hydrogen-bond acceptors (Lipinski definition) is 6. The second kappa shape index (κ2) is 17.1. The zero-order valence-corrected chi connectivity index (χ0v) is 29.7. The maximum absolute atomic E-state index is 13.2. The minimum atomic E-state index is -0.282. The lowest BCUT2D eigenvalue weighted by Crippen LogP contribution is -2.47. The molecule has 4 aromatic carbocycles. The normalized spacial score (nSPS) is 14.0. The van der Waals surface area contributed by atoms with Crippen molar-refractivity contribution < 1.29 is 27.8 Å². The van der Waals surface area contributed by atoms with Crippen LogP contribution in [0.5, 0.6) is 23.1 Å². The Labute approximate surface area is 304 Å². The van der Waals surface area contributed by atoms with Crippen LogP contribution < -0.4 is 14.2 Å². The number of carbonyl (C=O) groups is 1. The van der Waals surface area contributed by atoms with Crippen LogP contribution in [0.2, 0.25) is 0 Å². The van der Waals surface area contributed by atoms with E-state index in [0.29, 0.717) is 42.8 Å². The first-order valence-corrected chi connectivity index (χ1v) is 17.5. The Hall–Kier alpha value is -5.54. The lowest BCUT2D eigenvalue weighted by molar-refractivity contribution is -0.127. The van der Waals surface area contributed by atoms with Crippen molar-refractivity contribution in [2.75, 3.05) is 26.2 Å². The molecule has 2 heterocycles. The van der Waals surface area contributed by atoms with Gasteiger partial charge in [-0.3, -0.25) is 9.69 Å². The minimum absolute atomic E-state index is 0.00236. The number of pyridine rings is 1. The molecule has 0 spiro atoms. The van der Waals surface area contributed by atoms with Gasteiger partial charge in [-0.1, -0.05) is 36.4 Å². The summed E-state index contributed by atoms with van der Waals surface area (Å²) in [4.78, 5) is 21.7. The molecule has 1 aliphatic heterocycles. The molecule has 1 aliphatic rings. The van der Waals surface area contributed by atoms with Gasteiger partial charge in [-0.15, -0.1) is 0 Å². The number of hydrogen-bond donors (Lipinski definition) is 0. The van der Waals surface area contributed by atoms with Crippen molar-refractivity contribution in [3.05, 3.63) is 154 Å². The fourth-order valence-corrected chi connectivity index (χ4v) is 6.16. The molecule has 1 unspecified atom stereocenters. The molecule has 268 valence electrons. The van der Waals surface area contributed by atoms with Crippen molar-refractivity contribution in [2.24, 2.45) is 0 Å². The van der Waals surface area contributed by atoms with E-state index in [2.05, 4.69) is 34.1 Å². The van der Waals surface area contributed by atoms with Crippen LogP contribution in [0.4, 0.5) is 8.78 Å². The Morgan fingerprint density at radius 1 is 0.788 bits per heavy atom. The van der Waals surface area contributed by atoms with Gasteiger partial charge in [0.1, 0.15) is 35.5 Å². The van der Waals surface area contributed by atoms with E-state index in [4.69, 9.17) is 14.2 Å². The number of amides is 1. The SMILES string of the molecule is Cc1cc(/C=C/C(=O)N2CCN(Cc3ccc(CC(C)Oc4ccc(F)cc4)cc3)CC2)cc(C)c1Oc1ccc(OCc2ccc(F)cc2)cn1. The third-order valence-corrected chi connectivity index (χ3v) is 8.92. The molecule has 1 fully saturated rings. The molecule has 0 saturated carbocycles. The third kappa shape index (κ3) is 10.3. The van der Waals surface area contributed by atoms with Crippen LogP contribution in [0.25, 0.3) is 6.08 Å². The van der Waals surface area contributed by atoms with E-state index >= 15 is 0 Å². The first kappa shape index (κ1) is 36.3. The van der Waals surface area contributed by atoms with Crippen molar-refractivity contribution in [1.29, 1.82) is 0 Å². The van der Waals surface area contributed by atoms with Gasteiger partial charge in [0, 0.05) is 51.3 Å². The predicted octanol–water partition coefficient (Wildman–Crippen LogP) is 8.72. The highest BCUT2D eigenvalue weighted by Crippen LogP contribution is 2.30. The molecule has 0 bridgehead atoms. The minimum Gasteiger partial charge on any atom is -0.490 e. The average Bonchev–Trinajstić information content (AvgIpc) is 3.14. The zero-order valence-electron chi connectivity index (χ0n) is 29.7. The van der Waals surface area contributed by atoms with E-state index in [1.54, 1.807) is 48.7 Å². The van der Waals surface area contributed by atoms with Crippen LogP contribution in [0.3, 0.4) is 0 Å². The van der Waals surface area contributed by atoms with Crippen molar-refractivity contribution in [3.63, 3.8) is 0 Å². The van der Waals surface area contributed by atoms with E-state index in [1.807, 2.05) is 43.9 Å². The van der Waals surface area contributed by atoms with Crippen molar-refractivity contribution >= 4 is 12.0 Å². The predicted molar refractivity (Wildman–Crippen MR) is 198 cm³/mol. The van der Waals surface area contributed by atoms with Crippen LogP contribution in [0, 0.1) is 25.5 Å². The Balaban J connectivity index is 0.938. The summed E-state index contributed by atoms with van der Waals surface area (Å²) in [5.41, 5.74) is 6.06. The van der Waals surface area contributed by atoms with Crippen molar-refractivity contribution in [3.8, 4) is 23.1 Å². The standard InChI is InChI=1S/C43H43F2N3O4/c1-30-24-36(25-31(2)43(30)52-41-18-17-40(27-46-41)50-29-35-8-11-37(44)12-9-35)10-19-42(49)48-22-20-47(21-23-48)28-34-6-4-33(5-7-34)26-32(3)51-39-15-13-38(45)14-16-39/h4-19,24-25,27,32H,20-23,26,28-29H2,1-3H3/b19-10+. The number of halogens is 2. The highest BCUT2D eigenvalue weighted by molar-refractivity contribution is 5.92. The highest BCUT2D eigenvalue weighted by Gasteiger charge is 2.20. The van der Waals surface area contributed by atoms with Gasteiger partial charge < -0.3 is 19.1 Å². The summed E-state index contributed by atoms with van der Waals surface area (Å²) in [7, 11) is 0. The van der Waals surface area contributed by atoms with Crippen LogP contribution in [-0.2, 0) is 24.4 Å². The summed E-state index contributed by atoms with van der Waals surface area (Å²) in [6, 6.07) is 28.4. The first-order chi connectivity index (χ1) is 25.2. The smallest absolute Gasteiger partial charge is 0.246 e. The van der Waals surface area contributed by atoms with E-state index in [-0.39, 0.29) is 23.6 Å². The van der Waals surface area contributed by atoms with Gasteiger partial charge in [0.15, 0.2) is 0 Å². The highest BCUT2D eigenvalue weighted by atomic mass is 19.1. The molecule has 1 atom stereocenters. The molecule has 9 heteroatoms. The van der Waals surface area contributed by atoms with E-state index in [0.717, 1.165) is 48.3 Å². The number of carbonyl (C=O) groups excluding carboxylic acids is 1. The molecule has 5 aromatic rings. The molecule has 0 N–H and O–H groups in total. The number of ether oxygens (including phenoxy) is 3. The average molecular weight is 704 g/mol. The first-order valence-electron chi connectivity index (χ1n) is 17.5. The topological polar surface area (TPSA) is 64.1 Å². The van der Waals surface area contributed by atoms with Crippen LogP contribution >= 0.6 is 0 Å². The van der Waals surface area contributed by atoms with Gasteiger partial charge in [-0.25, -0.2) is 13.8 Å². The number of benzene rings is 4. The summed E-state index contributed by atoms with van der Waals surface area (Å²) in [6.45, 7) is 10.1. The Bertz CT molecular complexity index is 1930. The van der Waals surface area contributed by atoms with Crippen LogP contribution in [0.15, 0.2) is 109 Å². The Morgan fingerprint density at radius 2 is 1.38 bits per heavy atom. The summed E-state index contributed by atoms with van der Waals surface area (Å²) in [6.07, 6.45) is 5.83. The zero-order chi connectivity index (χ0) is 36.5. The second-order valence-electron chi connectivity index (χ2n) is 13.2. The molecular formula is C43H43F2N3O4. The van der Waals surface area contributed by atoms with Gasteiger partial charge in [0.25, 0.3) is 0 Å². The fourth-order valence-electron chi connectivity index (χ4n) is 6.16. The van der Waals surface area contributed by atoms with Gasteiger partial charge in [-0.2, -0.15) is 0 Å². The Morgan fingerprint density at radius 3 is 2.02 bits per heavy atom. The van der Waals surface area contributed by atoms with Gasteiger partial charge in [-0.05, 0) is 115 Å². The molecule has 1 amide bonds. The van der Waals surface area contributed by atoms with E-state index in [1.165, 1.54) is 35.4 Å². The quantitative estimate of drug-likeness (QED) is 0.114. The number of aromatic nitrogens is 1. The van der Waals surface area contributed by atoms with Crippen molar-refractivity contribution in [2.45, 2.75) is 46.4 Å². The summed E-state index contributed by atoms with van der Waals surface area (Å²) < 4.78 is 44.1. The van der Waals surface area contributed by atoms with Crippen LogP contribution in [0.1, 0.15) is 40.3 Å². The molecule has 6 rings (SSSR count). The number of nitrogens with zero attached hydrogens (tertiary/aromatic N) is 3. The fraction of sp³-hybridized carbons (Fsp3) is 0.256. The molecule has 52 heavy (non-hydrogen) atoms. The second-order valence-corrected chi connectivity index (χ2v) is 13.2. The monoisotopic (exact) mass is 703 g/mol. The largest absolute Gasteiger partial charge is 0.490 e. The van der Waals surface area contributed by atoms with E-state index in [9.17, 15) is 13.6 Å². The summed E-state index contributed by atoms with van der Waals surface area (Å²) in [5.74, 6) is 1.85. The van der Waals surface area contributed by atoms with Gasteiger partial charge in [0.2, 0.25) is 11.8 Å². The van der Waals surface area contributed by atoms with Crippen LogP contribution in [-0.4, -0.2) is 53.0 Å². The molecule has 7 nitrogen and oxygen atoms in total. The number of rotatable bonds is 13. The molecule has 1 aromatic heterocycles. The van der Waals surface area contributed by atoms with Gasteiger partial charge in [0.05, 0.1) is 12.3 Å². The van der Waals surface area contributed by atoms with Gasteiger partial charge >= 0.3 is 0 Å². The molecule has 0 aliphatic carbocycles. The van der Waals surface area contributed by atoms with Crippen molar-refractivity contribution in [1.82, 2.24) is 14.8 Å². The molecule has 0 radical (unpaired) electrons. The third-order valence-electron chi connectivity index (χ3n) is 8.92. The molecular weight excluding hydrogens is 660 g/mol. The molecule has 1 saturated heterocycles. The maximum atomic E-state index is 13.2. The summed E-state index contributed by atoms with van der Waals surface area (Å²) in [5, 5.41) is 0. The lowest BCUT2D eigenvalue weighted by Gasteiger charge is -2.34. The maximum Gasteiger partial charge on any atom is 0.246 e. The van der Waals surface area contributed by atoms with E-state index < -0.39 is 0 Å². The Kier molecular flexibility index (Phi) is 11.9. The summed E-state index contributed by atoms with van der Waals surface area (Å²) >= 11 is 0. The lowest BCUT2D eigenvalue weighted by atomic mass is 10.0.